The number of amides is 2. The molecule has 2 amide bonds. The normalized spacial score (nSPS) is 13.4. The topological polar surface area (TPSA) is 58.2 Å². The quantitative estimate of drug-likeness (QED) is 0.888. The number of fused-ring (bicyclic) bond motifs is 1. The summed E-state index contributed by atoms with van der Waals surface area (Å²) in [4.78, 5) is 23.7. The van der Waals surface area contributed by atoms with Crippen molar-refractivity contribution in [3.63, 3.8) is 0 Å². The summed E-state index contributed by atoms with van der Waals surface area (Å²) >= 11 is 0. The van der Waals surface area contributed by atoms with Crippen LogP contribution < -0.4 is 10.6 Å². The fourth-order valence-corrected chi connectivity index (χ4v) is 2.63. The summed E-state index contributed by atoms with van der Waals surface area (Å²) in [5, 5.41) is 5.66. The van der Waals surface area contributed by atoms with Crippen molar-refractivity contribution in [2.75, 3.05) is 10.6 Å². The van der Waals surface area contributed by atoms with Crippen molar-refractivity contribution < 1.29 is 9.59 Å². The van der Waals surface area contributed by atoms with Crippen molar-refractivity contribution >= 4 is 23.2 Å². The number of carbonyl (C=O) groups is 2. The van der Waals surface area contributed by atoms with E-state index in [9.17, 15) is 9.59 Å². The van der Waals surface area contributed by atoms with Crippen LogP contribution in [0.3, 0.4) is 0 Å². The minimum Gasteiger partial charge on any atom is -0.326 e. The molecule has 4 nitrogen and oxygen atoms in total. The van der Waals surface area contributed by atoms with Gasteiger partial charge in [0, 0.05) is 16.9 Å². The third kappa shape index (κ3) is 3.26. The summed E-state index contributed by atoms with van der Waals surface area (Å²) in [6.07, 6.45) is 0.360. The second-order valence-electron chi connectivity index (χ2n) is 6.88. The zero-order chi connectivity index (χ0) is 16.6. The van der Waals surface area contributed by atoms with Crippen LogP contribution in [-0.2, 0) is 16.6 Å². The Kier molecular flexibility index (Phi) is 3.68. The van der Waals surface area contributed by atoms with Gasteiger partial charge in [-0.1, -0.05) is 32.9 Å². The summed E-state index contributed by atoms with van der Waals surface area (Å²) in [6.45, 7) is 6.42. The van der Waals surface area contributed by atoms with Crippen LogP contribution in [0.5, 0.6) is 0 Å². The predicted octanol–water partition coefficient (Wildman–Crippen LogP) is 3.73. The molecule has 0 unspecified atom stereocenters. The van der Waals surface area contributed by atoms with Crippen LogP contribution in [0.2, 0.25) is 0 Å². The van der Waals surface area contributed by atoms with Crippen LogP contribution in [0, 0.1) is 0 Å². The van der Waals surface area contributed by atoms with Gasteiger partial charge in [-0.05, 0) is 46.9 Å². The lowest BCUT2D eigenvalue weighted by molar-refractivity contribution is -0.115. The minimum absolute atomic E-state index is 0.0127. The molecule has 4 heteroatoms. The van der Waals surface area contributed by atoms with Crippen LogP contribution in [0.25, 0.3) is 0 Å². The number of hydrogen-bond donors (Lipinski definition) is 2. The molecule has 1 heterocycles. The van der Waals surface area contributed by atoms with E-state index in [1.54, 1.807) is 6.07 Å². The first-order chi connectivity index (χ1) is 10.8. The lowest BCUT2D eigenvalue weighted by Gasteiger charge is -2.19. The van der Waals surface area contributed by atoms with Crippen molar-refractivity contribution in [2.45, 2.75) is 32.6 Å². The molecule has 0 spiro atoms. The van der Waals surface area contributed by atoms with Crippen LogP contribution in [0.4, 0.5) is 11.4 Å². The maximum Gasteiger partial charge on any atom is 0.255 e. The first-order valence-electron chi connectivity index (χ1n) is 7.67. The zero-order valence-electron chi connectivity index (χ0n) is 13.6. The van der Waals surface area contributed by atoms with E-state index in [0.29, 0.717) is 17.7 Å². The van der Waals surface area contributed by atoms with Gasteiger partial charge in [0.05, 0.1) is 6.42 Å². The molecule has 23 heavy (non-hydrogen) atoms. The molecule has 2 N–H and O–H groups in total. The zero-order valence-corrected chi connectivity index (χ0v) is 13.6. The Morgan fingerprint density at radius 1 is 1.09 bits per heavy atom. The molecule has 2 aromatic carbocycles. The van der Waals surface area contributed by atoms with E-state index in [1.807, 2.05) is 36.4 Å². The van der Waals surface area contributed by atoms with Crippen molar-refractivity contribution in [3.8, 4) is 0 Å². The molecule has 0 aromatic heterocycles. The highest BCUT2D eigenvalue weighted by Crippen LogP contribution is 2.26. The van der Waals surface area contributed by atoms with Crippen molar-refractivity contribution in [1.82, 2.24) is 0 Å². The van der Waals surface area contributed by atoms with E-state index >= 15 is 0 Å². The third-order valence-electron chi connectivity index (χ3n) is 4.00. The molecule has 0 aliphatic carbocycles. The molecular weight excluding hydrogens is 288 g/mol. The third-order valence-corrected chi connectivity index (χ3v) is 4.00. The summed E-state index contributed by atoms with van der Waals surface area (Å²) in [7, 11) is 0. The average molecular weight is 308 g/mol. The maximum absolute atomic E-state index is 12.3. The van der Waals surface area contributed by atoms with Crippen molar-refractivity contribution in [2.24, 2.45) is 0 Å². The van der Waals surface area contributed by atoms with Gasteiger partial charge >= 0.3 is 0 Å². The Labute approximate surface area is 135 Å². The predicted molar refractivity (Wildman–Crippen MR) is 91.9 cm³/mol. The van der Waals surface area contributed by atoms with Gasteiger partial charge < -0.3 is 10.6 Å². The summed E-state index contributed by atoms with van der Waals surface area (Å²) < 4.78 is 0. The van der Waals surface area contributed by atoms with Crippen molar-refractivity contribution in [1.29, 1.82) is 0 Å². The summed E-state index contributed by atoms with van der Waals surface area (Å²) in [6, 6.07) is 13.1. The first-order valence-corrected chi connectivity index (χ1v) is 7.67. The van der Waals surface area contributed by atoms with E-state index in [2.05, 4.69) is 31.4 Å². The molecule has 0 bridgehead atoms. The first kappa shape index (κ1) is 15.3. The number of anilines is 2. The number of benzene rings is 2. The van der Waals surface area contributed by atoms with Gasteiger partial charge in [-0.25, -0.2) is 0 Å². The van der Waals surface area contributed by atoms with Crippen LogP contribution in [0.15, 0.2) is 42.5 Å². The van der Waals surface area contributed by atoms with Gasteiger partial charge in [0.15, 0.2) is 0 Å². The lowest BCUT2D eigenvalue weighted by atomic mass is 9.87. The van der Waals surface area contributed by atoms with Crippen LogP contribution >= 0.6 is 0 Å². The number of carbonyl (C=O) groups excluding carboxylic acids is 2. The maximum atomic E-state index is 12.3. The van der Waals surface area contributed by atoms with Crippen LogP contribution in [-0.4, -0.2) is 11.8 Å². The molecule has 0 saturated carbocycles. The highest BCUT2D eigenvalue weighted by atomic mass is 16.2. The summed E-state index contributed by atoms with van der Waals surface area (Å²) in [5.74, 6) is -0.163. The molecule has 1 aliphatic heterocycles. The molecular formula is C19H20N2O2. The average Bonchev–Trinajstić information content (AvgIpc) is 2.86. The molecule has 0 saturated heterocycles. The minimum atomic E-state index is -0.150. The highest BCUT2D eigenvalue weighted by Gasteiger charge is 2.18. The Morgan fingerprint density at radius 3 is 2.43 bits per heavy atom. The van der Waals surface area contributed by atoms with Gasteiger partial charge in [-0.2, -0.15) is 0 Å². The van der Waals surface area contributed by atoms with E-state index in [0.717, 1.165) is 11.3 Å². The highest BCUT2D eigenvalue weighted by molar-refractivity contribution is 6.05. The van der Waals surface area contributed by atoms with Gasteiger partial charge in [0.25, 0.3) is 5.91 Å². The van der Waals surface area contributed by atoms with Gasteiger partial charge in [-0.15, -0.1) is 0 Å². The fraction of sp³-hybridized carbons (Fsp3) is 0.263. The largest absolute Gasteiger partial charge is 0.326 e. The second-order valence-corrected chi connectivity index (χ2v) is 6.88. The number of hydrogen-bond acceptors (Lipinski definition) is 2. The lowest BCUT2D eigenvalue weighted by Crippen LogP contribution is -2.14. The standard InChI is InChI=1S/C19H20N2O2/c1-19(2,3)14-6-4-12(5-7-14)18(23)20-15-8-9-16-13(10-15)11-17(22)21-16/h4-10H,11H2,1-3H3,(H,20,23)(H,21,22). The molecule has 0 radical (unpaired) electrons. The molecule has 0 fully saturated rings. The van der Waals surface area contributed by atoms with Crippen molar-refractivity contribution in [3.05, 3.63) is 59.2 Å². The molecule has 0 atom stereocenters. The van der Waals surface area contributed by atoms with Gasteiger partial charge in [0.2, 0.25) is 5.91 Å². The van der Waals surface area contributed by atoms with E-state index in [4.69, 9.17) is 0 Å². The molecule has 2 aromatic rings. The Balaban J connectivity index is 1.75. The van der Waals surface area contributed by atoms with Crippen LogP contribution in [0.1, 0.15) is 42.3 Å². The van der Waals surface area contributed by atoms with E-state index in [-0.39, 0.29) is 17.2 Å². The molecule has 3 rings (SSSR count). The fourth-order valence-electron chi connectivity index (χ4n) is 2.63. The Hall–Kier alpha value is -2.62. The summed E-state index contributed by atoms with van der Waals surface area (Å²) in [5.41, 5.74) is 4.31. The number of rotatable bonds is 2. The van der Waals surface area contributed by atoms with Gasteiger partial charge in [-0.3, -0.25) is 9.59 Å². The van der Waals surface area contributed by atoms with E-state index < -0.39 is 0 Å². The monoisotopic (exact) mass is 308 g/mol. The SMILES string of the molecule is CC(C)(C)c1ccc(C(=O)Nc2ccc3c(c2)CC(=O)N3)cc1. The number of nitrogens with one attached hydrogen (secondary N) is 2. The van der Waals surface area contributed by atoms with E-state index in [1.165, 1.54) is 5.56 Å². The van der Waals surface area contributed by atoms with Gasteiger partial charge in [0.1, 0.15) is 0 Å². The Bertz CT molecular complexity index is 771. The molecule has 118 valence electrons. The Morgan fingerprint density at radius 2 is 1.78 bits per heavy atom. The second kappa shape index (κ2) is 5.54. The molecule has 1 aliphatic rings. The smallest absolute Gasteiger partial charge is 0.255 e.